The number of likely N-dealkylation sites (N-methyl/N-ethyl adjacent to an activating group) is 1. The lowest BCUT2D eigenvalue weighted by molar-refractivity contribution is -0.151. The molecule has 1 atom stereocenters. The van der Waals surface area contributed by atoms with Crippen molar-refractivity contribution in [2.24, 2.45) is 23.5 Å². The Morgan fingerprint density at radius 1 is 1.28 bits per heavy atom. The molecule has 18 heavy (non-hydrogen) atoms. The standard InChI is InChI=1S/C14H24N2O2/c1-16(12(8-15)13(17)18)14-5-9-2-10(6-14)4-11(3-9)7-14/h9-12H,2-8,15H2,1H3,(H,17,18). The molecule has 102 valence electrons. The number of aliphatic carboxylic acids is 1. The maximum absolute atomic E-state index is 11.3. The van der Waals surface area contributed by atoms with Crippen molar-refractivity contribution in [3.05, 3.63) is 0 Å². The van der Waals surface area contributed by atoms with Gasteiger partial charge in [0.1, 0.15) is 6.04 Å². The Balaban J connectivity index is 1.84. The van der Waals surface area contributed by atoms with Crippen LogP contribution in [0.2, 0.25) is 0 Å². The minimum absolute atomic E-state index is 0.136. The third-order valence-corrected chi connectivity index (χ3v) is 5.73. The summed E-state index contributed by atoms with van der Waals surface area (Å²) < 4.78 is 0. The van der Waals surface area contributed by atoms with Crippen LogP contribution in [-0.4, -0.2) is 41.1 Å². The fraction of sp³-hybridized carbons (Fsp3) is 0.929. The summed E-state index contributed by atoms with van der Waals surface area (Å²) in [5.41, 5.74) is 5.81. The monoisotopic (exact) mass is 252 g/mol. The summed E-state index contributed by atoms with van der Waals surface area (Å²) in [6.45, 7) is 0.216. The SMILES string of the molecule is CN(C(CN)C(=O)O)C12CC3CC(CC(C3)C1)C2. The second-order valence-corrected chi connectivity index (χ2v) is 6.84. The van der Waals surface area contributed by atoms with E-state index in [-0.39, 0.29) is 12.1 Å². The minimum Gasteiger partial charge on any atom is -0.480 e. The van der Waals surface area contributed by atoms with Gasteiger partial charge in [-0.25, -0.2) is 0 Å². The molecule has 0 aromatic heterocycles. The van der Waals surface area contributed by atoms with Crippen molar-refractivity contribution in [1.82, 2.24) is 4.90 Å². The van der Waals surface area contributed by atoms with Gasteiger partial charge in [-0.05, 0) is 63.3 Å². The number of carbonyl (C=O) groups is 1. The van der Waals surface area contributed by atoms with E-state index in [9.17, 15) is 9.90 Å². The summed E-state index contributed by atoms with van der Waals surface area (Å²) in [6.07, 6.45) is 7.73. The van der Waals surface area contributed by atoms with Crippen LogP contribution in [0, 0.1) is 17.8 Å². The lowest BCUT2D eigenvalue weighted by atomic mass is 9.52. The zero-order valence-electron chi connectivity index (χ0n) is 11.1. The van der Waals surface area contributed by atoms with Gasteiger partial charge in [0, 0.05) is 12.1 Å². The van der Waals surface area contributed by atoms with Crippen LogP contribution in [0.25, 0.3) is 0 Å². The second kappa shape index (κ2) is 4.20. The molecule has 4 bridgehead atoms. The lowest BCUT2D eigenvalue weighted by Crippen LogP contribution is -2.63. The van der Waals surface area contributed by atoms with Gasteiger partial charge in [0.05, 0.1) is 0 Å². The highest BCUT2D eigenvalue weighted by Gasteiger charge is 2.54. The van der Waals surface area contributed by atoms with E-state index in [0.717, 1.165) is 17.8 Å². The largest absolute Gasteiger partial charge is 0.480 e. The first-order valence-corrected chi connectivity index (χ1v) is 7.20. The van der Waals surface area contributed by atoms with Crippen LogP contribution >= 0.6 is 0 Å². The molecule has 0 saturated heterocycles. The van der Waals surface area contributed by atoms with Crippen molar-refractivity contribution in [2.75, 3.05) is 13.6 Å². The van der Waals surface area contributed by atoms with E-state index in [1.54, 1.807) is 0 Å². The molecule has 0 amide bonds. The zero-order chi connectivity index (χ0) is 12.9. The van der Waals surface area contributed by atoms with Crippen LogP contribution in [0.4, 0.5) is 0 Å². The third-order valence-electron chi connectivity index (χ3n) is 5.73. The molecule has 4 saturated carbocycles. The van der Waals surface area contributed by atoms with Gasteiger partial charge < -0.3 is 10.8 Å². The Morgan fingerprint density at radius 2 is 1.72 bits per heavy atom. The molecule has 0 heterocycles. The number of nitrogens with two attached hydrogens (primary N) is 1. The number of nitrogens with zero attached hydrogens (tertiary/aromatic N) is 1. The highest BCUT2D eigenvalue weighted by atomic mass is 16.4. The fourth-order valence-electron chi connectivity index (χ4n) is 5.25. The predicted molar refractivity (Wildman–Crippen MR) is 69.1 cm³/mol. The van der Waals surface area contributed by atoms with Gasteiger partial charge in [-0.1, -0.05) is 0 Å². The molecule has 0 aromatic carbocycles. The minimum atomic E-state index is -0.768. The van der Waals surface area contributed by atoms with E-state index < -0.39 is 12.0 Å². The number of carboxylic acids is 1. The number of rotatable bonds is 4. The second-order valence-electron chi connectivity index (χ2n) is 6.84. The van der Waals surface area contributed by atoms with Gasteiger partial charge in [0.15, 0.2) is 0 Å². The van der Waals surface area contributed by atoms with Gasteiger partial charge >= 0.3 is 5.97 Å². The first-order valence-electron chi connectivity index (χ1n) is 7.20. The first kappa shape index (κ1) is 12.4. The van der Waals surface area contributed by atoms with Gasteiger partial charge in [0.2, 0.25) is 0 Å². The third kappa shape index (κ3) is 1.77. The summed E-state index contributed by atoms with van der Waals surface area (Å²) in [5, 5.41) is 9.32. The average Bonchev–Trinajstić information content (AvgIpc) is 2.27. The number of hydrogen-bond donors (Lipinski definition) is 2. The van der Waals surface area contributed by atoms with Crippen LogP contribution in [0.15, 0.2) is 0 Å². The Kier molecular flexibility index (Phi) is 2.90. The maximum Gasteiger partial charge on any atom is 0.322 e. The van der Waals surface area contributed by atoms with Crippen molar-refractivity contribution in [3.63, 3.8) is 0 Å². The molecule has 1 unspecified atom stereocenters. The molecule has 0 aliphatic heterocycles. The summed E-state index contributed by atoms with van der Waals surface area (Å²) in [5.74, 6) is 1.75. The van der Waals surface area contributed by atoms with E-state index in [1.165, 1.54) is 38.5 Å². The Labute approximate surface area is 109 Å². The highest BCUT2D eigenvalue weighted by Crippen LogP contribution is 2.57. The summed E-state index contributed by atoms with van der Waals surface area (Å²) >= 11 is 0. The quantitative estimate of drug-likeness (QED) is 0.791. The van der Waals surface area contributed by atoms with Crippen LogP contribution < -0.4 is 5.73 Å². The topological polar surface area (TPSA) is 66.6 Å². The smallest absolute Gasteiger partial charge is 0.322 e. The number of carboxylic acid groups (broad SMARTS) is 1. The van der Waals surface area contributed by atoms with Crippen LogP contribution in [0.3, 0.4) is 0 Å². The van der Waals surface area contributed by atoms with Gasteiger partial charge in [0.25, 0.3) is 0 Å². The number of hydrogen-bond acceptors (Lipinski definition) is 3. The normalized spacial score (nSPS) is 43.4. The van der Waals surface area contributed by atoms with E-state index in [0.29, 0.717) is 0 Å². The van der Waals surface area contributed by atoms with Gasteiger partial charge in [-0.2, -0.15) is 0 Å². The fourth-order valence-corrected chi connectivity index (χ4v) is 5.25. The predicted octanol–water partition coefficient (Wildman–Crippen LogP) is 1.30. The van der Waals surface area contributed by atoms with Crippen LogP contribution in [-0.2, 0) is 4.79 Å². The molecule has 4 rings (SSSR count). The molecule has 4 nitrogen and oxygen atoms in total. The van der Waals surface area contributed by atoms with E-state index in [4.69, 9.17) is 5.73 Å². The van der Waals surface area contributed by atoms with E-state index >= 15 is 0 Å². The van der Waals surface area contributed by atoms with Crippen molar-refractivity contribution >= 4 is 5.97 Å². The first-order chi connectivity index (χ1) is 8.54. The average molecular weight is 252 g/mol. The molecule has 0 spiro atoms. The molecule has 0 radical (unpaired) electrons. The molecule has 3 N–H and O–H groups in total. The van der Waals surface area contributed by atoms with Crippen molar-refractivity contribution in [3.8, 4) is 0 Å². The molecule has 4 aliphatic rings. The maximum atomic E-state index is 11.3. The Bertz CT molecular complexity index is 320. The van der Waals surface area contributed by atoms with Gasteiger partial charge in [-0.15, -0.1) is 0 Å². The summed E-state index contributed by atoms with van der Waals surface area (Å²) in [7, 11) is 1.98. The molecular formula is C14H24N2O2. The van der Waals surface area contributed by atoms with Crippen molar-refractivity contribution < 1.29 is 9.90 Å². The molecule has 4 fully saturated rings. The Morgan fingerprint density at radius 3 is 2.06 bits per heavy atom. The van der Waals surface area contributed by atoms with E-state index in [1.807, 2.05) is 7.05 Å². The van der Waals surface area contributed by atoms with Crippen molar-refractivity contribution in [2.45, 2.75) is 50.1 Å². The molecule has 0 aromatic rings. The van der Waals surface area contributed by atoms with Gasteiger partial charge in [-0.3, -0.25) is 9.69 Å². The summed E-state index contributed by atoms with van der Waals surface area (Å²) in [4.78, 5) is 13.5. The molecule has 4 aliphatic carbocycles. The Hall–Kier alpha value is -0.610. The molecule has 4 heteroatoms. The van der Waals surface area contributed by atoms with E-state index in [2.05, 4.69) is 4.90 Å². The van der Waals surface area contributed by atoms with Crippen molar-refractivity contribution in [1.29, 1.82) is 0 Å². The van der Waals surface area contributed by atoms with Crippen LogP contribution in [0.5, 0.6) is 0 Å². The van der Waals surface area contributed by atoms with Crippen LogP contribution in [0.1, 0.15) is 38.5 Å². The summed E-state index contributed by atoms with van der Waals surface area (Å²) in [6, 6.07) is -0.513. The highest BCUT2D eigenvalue weighted by molar-refractivity contribution is 5.73. The zero-order valence-corrected chi connectivity index (χ0v) is 11.1. The lowest BCUT2D eigenvalue weighted by Gasteiger charge is -2.60. The molecular weight excluding hydrogens is 228 g/mol.